The molecule has 4 aromatic rings. The quantitative estimate of drug-likeness (QED) is 0.239. The van der Waals surface area contributed by atoms with E-state index < -0.39 is 0 Å². The zero-order valence-corrected chi connectivity index (χ0v) is 22.3. The number of hydrogen-bond acceptors (Lipinski definition) is 2. The fourth-order valence-electron chi connectivity index (χ4n) is 4.18. The summed E-state index contributed by atoms with van der Waals surface area (Å²) >= 11 is 0. The Kier molecular flexibility index (Phi) is 7.95. The van der Waals surface area contributed by atoms with E-state index in [1.54, 1.807) is 0 Å². The topological polar surface area (TPSA) is 24.7 Å². The van der Waals surface area contributed by atoms with Crippen molar-refractivity contribution in [1.82, 2.24) is 0 Å². The molecule has 0 radical (unpaired) electrons. The van der Waals surface area contributed by atoms with E-state index in [0.29, 0.717) is 11.8 Å². The van der Waals surface area contributed by atoms with Gasteiger partial charge in [0.1, 0.15) is 0 Å². The smallest absolute Gasteiger partial charge is 0.0659 e. The number of aliphatic imine (C=N–C) groups is 2. The highest BCUT2D eigenvalue weighted by Gasteiger charge is 2.05. The van der Waals surface area contributed by atoms with Crippen LogP contribution in [0.25, 0.3) is 11.1 Å². The molecule has 2 nitrogen and oxygen atoms in total. The molecule has 0 N–H and O–H groups in total. The predicted molar refractivity (Wildman–Crippen MR) is 157 cm³/mol. The van der Waals surface area contributed by atoms with Crippen molar-refractivity contribution >= 4 is 23.8 Å². The lowest BCUT2D eigenvalue weighted by Gasteiger charge is -2.09. The molecule has 0 atom stereocenters. The molecule has 2 heteroatoms. The van der Waals surface area contributed by atoms with Gasteiger partial charge >= 0.3 is 0 Å². The molecule has 0 fully saturated rings. The standard InChI is InChI=1S/C34H36N2/c1-23(2)29-11-7-27(8-12-29)21-35-33-17-15-31(19-25(33)5)32-16-18-34(26(6)20-32)36-22-28-9-13-30(14-10-28)24(3)4/h7-24H,1-6H3. The van der Waals surface area contributed by atoms with E-state index >= 15 is 0 Å². The van der Waals surface area contributed by atoms with E-state index in [-0.39, 0.29) is 0 Å². The van der Waals surface area contributed by atoms with Crippen molar-refractivity contribution in [2.24, 2.45) is 9.98 Å². The van der Waals surface area contributed by atoms with E-state index in [2.05, 4.69) is 126 Å². The van der Waals surface area contributed by atoms with Gasteiger partial charge in [-0.15, -0.1) is 0 Å². The van der Waals surface area contributed by atoms with Crippen LogP contribution < -0.4 is 0 Å². The Hall–Kier alpha value is -3.78. The molecule has 0 spiro atoms. The first-order chi connectivity index (χ1) is 17.3. The van der Waals surface area contributed by atoms with Crippen LogP contribution in [0.3, 0.4) is 0 Å². The maximum absolute atomic E-state index is 4.74. The third kappa shape index (κ3) is 6.26. The Morgan fingerprint density at radius 3 is 1.17 bits per heavy atom. The zero-order valence-electron chi connectivity index (χ0n) is 22.3. The normalized spacial score (nSPS) is 11.9. The molecule has 0 aliphatic rings. The average Bonchev–Trinajstić information content (AvgIpc) is 2.87. The lowest BCUT2D eigenvalue weighted by molar-refractivity contribution is 0.866. The summed E-state index contributed by atoms with van der Waals surface area (Å²) in [6.07, 6.45) is 3.89. The second-order valence-corrected chi connectivity index (χ2v) is 10.2. The van der Waals surface area contributed by atoms with Crippen molar-refractivity contribution in [2.45, 2.75) is 53.4 Å². The number of benzene rings is 4. The molecule has 36 heavy (non-hydrogen) atoms. The van der Waals surface area contributed by atoms with Gasteiger partial charge in [0, 0.05) is 12.4 Å². The monoisotopic (exact) mass is 472 g/mol. The van der Waals surface area contributed by atoms with Gasteiger partial charge in [0.2, 0.25) is 0 Å². The molecular weight excluding hydrogens is 436 g/mol. The first-order valence-electron chi connectivity index (χ1n) is 12.8. The van der Waals surface area contributed by atoms with Crippen molar-refractivity contribution in [3.63, 3.8) is 0 Å². The molecular formula is C34H36N2. The van der Waals surface area contributed by atoms with E-state index in [1.165, 1.54) is 22.3 Å². The van der Waals surface area contributed by atoms with Crippen LogP contribution in [0.5, 0.6) is 0 Å². The fourth-order valence-corrected chi connectivity index (χ4v) is 4.18. The van der Waals surface area contributed by atoms with Gasteiger partial charge in [-0.25, -0.2) is 0 Å². The molecule has 4 rings (SSSR count). The Labute approximate surface area is 216 Å². The van der Waals surface area contributed by atoms with Crippen LogP contribution in [-0.4, -0.2) is 12.4 Å². The molecule has 182 valence electrons. The van der Waals surface area contributed by atoms with Crippen LogP contribution in [0.2, 0.25) is 0 Å². The third-order valence-electron chi connectivity index (χ3n) is 6.64. The van der Waals surface area contributed by atoms with Gasteiger partial charge in [0.15, 0.2) is 0 Å². The molecule has 0 saturated carbocycles. The van der Waals surface area contributed by atoms with Crippen molar-refractivity contribution in [1.29, 1.82) is 0 Å². The van der Waals surface area contributed by atoms with Gasteiger partial charge in [-0.2, -0.15) is 0 Å². The van der Waals surface area contributed by atoms with E-state index in [1.807, 2.05) is 12.4 Å². The summed E-state index contributed by atoms with van der Waals surface area (Å²) in [6.45, 7) is 13.1. The summed E-state index contributed by atoms with van der Waals surface area (Å²) in [7, 11) is 0. The third-order valence-corrected chi connectivity index (χ3v) is 6.64. The molecule has 0 heterocycles. The van der Waals surface area contributed by atoms with Gasteiger partial charge < -0.3 is 0 Å². The summed E-state index contributed by atoms with van der Waals surface area (Å²) in [4.78, 5) is 9.48. The SMILES string of the molecule is Cc1cc(-c2ccc(N=Cc3ccc(C(C)C)cc3)c(C)c2)ccc1N=Cc1ccc(C(C)C)cc1. The maximum Gasteiger partial charge on any atom is 0.0659 e. The average molecular weight is 473 g/mol. The number of hydrogen-bond donors (Lipinski definition) is 0. The maximum atomic E-state index is 4.74. The van der Waals surface area contributed by atoms with Crippen molar-refractivity contribution < 1.29 is 0 Å². The van der Waals surface area contributed by atoms with Crippen LogP contribution in [0.15, 0.2) is 94.9 Å². The molecule has 0 aliphatic heterocycles. The minimum absolute atomic E-state index is 0.539. The van der Waals surface area contributed by atoms with E-state index in [4.69, 9.17) is 9.98 Å². The Morgan fingerprint density at radius 1 is 0.500 bits per heavy atom. The van der Waals surface area contributed by atoms with Crippen molar-refractivity contribution in [3.05, 3.63) is 118 Å². The van der Waals surface area contributed by atoms with Gasteiger partial charge in [-0.05, 0) is 94.5 Å². The molecule has 0 amide bonds. The van der Waals surface area contributed by atoms with Crippen LogP contribution >= 0.6 is 0 Å². The molecule has 0 aromatic heterocycles. The number of aryl methyl sites for hydroxylation is 2. The minimum Gasteiger partial charge on any atom is -0.256 e. The van der Waals surface area contributed by atoms with Crippen molar-refractivity contribution in [2.75, 3.05) is 0 Å². The lowest BCUT2D eigenvalue weighted by Crippen LogP contribution is -1.88. The van der Waals surface area contributed by atoms with E-state index in [0.717, 1.165) is 33.6 Å². The van der Waals surface area contributed by atoms with Crippen molar-refractivity contribution in [3.8, 4) is 11.1 Å². The Balaban J connectivity index is 1.47. The molecule has 0 aliphatic carbocycles. The molecule has 4 aromatic carbocycles. The Bertz CT molecular complexity index is 1260. The predicted octanol–water partition coefficient (Wildman–Crippen LogP) is 9.72. The van der Waals surface area contributed by atoms with Gasteiger partial charge in [-0.1, -0.05) is 88.4 Å². The minimum atomic E-state index is 0.539. The fraction of sp³-hybridized carbons (Fsp3) is 0.235. The summed E-state index contributed by atoms with van der Waals surface area (Å²) in [5, 5.41) is 0. The van der Waals surface area contributed by atoms with Crippen LogP contribution in [-0.2, 0) is 0 Å². The number of rotatable bonds is 7. The summed E-state index contributed by atoms with van der Waals surface area (Å²) in [5.41, 5.74) is 11.6. The second kappa shape index (κ2) is 11.3. The second-order valence-electron chi connectivity index (χ2n) is 10.2. The molecule has 0 bridgehead atoms. The van der Waals surface area contributed by atoms with Crippen LogP contribution in [0.4, 0.5) is 11.4 Å². The Morgan fingerprint density at radius 2 is 0.861 bits per heavy atom. The van der Waals surface area contributed by atoms with Gasteiger partial charge in [0.05, 0.1) is 11.4 Å². The molecule has 0 unspecified atom stereocenters. The summed E-state index contributed by atoms with van der Waals surface area (Å²) in [6, 6.07) is 30.2. The van der Waals surface area contributed by atoms with Crippen LogP contribution in [0, 0.1) is 13.8 Å². The highest BCUT2D eigenvalue weighted by molar-refractivity contribution is 5.84. The lowest BCUT2D eigenvalue weighted by atomic mass is 10.00. The van der Waals surface area contributed by atoms with Crippen LogP contribution in [0.1, 0.15) is 72.9 Å². The van der Waals surface area contributed by atoms with E-state index in [9.17, 15) is 0 Å². The first kappa shape index (κ1) is 25.3. The largest absolute Gasteiger partial charge is 0.256 e. The summed E-state index contributed by atoms with van der Waals surface area (Å²) in [5.74, 6) is 1.08. The number of nitrogens with zero attached hydrogens (tertiary/aromatic N) is 2. The zero-order chi connectivity index (χ0) is 25.7. The first-order valence-corrected chi connectivity index (χ1v) is 12.8. The highest BCUT2D eigenvalue weighted by atomic mass is 14.7. The summed E-state index contributed by atoms with van der Waals surface area (Å²) < 4.78 is 0. The van der Waals surface area contributed by atoms with Gasteiger partial charge in [-0.3, -0.25) is 9.98 Å². The highest BCUT2D eigenvalue weighted by Crippen LogP contribution is 2.30. The van der Waals surface area contributed by atoms with Gasteiger partial charge in [0.25, 0.3) is 0 Å². The molecule has 0 saturated heterocycles.